The molecule has 90 valence electrons. The number of halogens is 1. The van der Waals surface area contributed by atoms with Crippen molar-refractivity contribution in [1.29, 1.82) is 5.41 Å². The highest BCUT2D eigenvalue weighted by atomic mass is 19.1. The molecule has 0 saturated heterocycles. The SMILES string of the molecule is N=C1c2cc(F)ccc2CN1CCCC1CC1. The first-order valence-electron chi connectivity index (χ1n) is 6.36. The molecule has 1 N–H and O–H groups in total. The van der Waals surface area contributed by atoms with Crippen LogP contribution in [0, 0.1) is 17.1 Å². The highest BCUT2D eigenvalue weighted by Crippen LogP contribution is 2.34. The second-order valence-electron chi connectivity index (χ2n) is 5.16. The summed E-state index contributed by atoms with van der Waals surface area (Å²) in [4.78, 5) is 2.06. The molecule has 0 atom stereocenters. The van der Waals surface area contributed by atoms with E-state index in [1.807, 2.05) is 0 Å². The van der Waals surface area contributed by atoms with Gasteiger partial charge in [-0.1, -0.05) is 18.9 Å². The molecule has 0 aromatic heterocycles. The predicted molar refractivity (Wildman–Crippen MR) is 65.6 cm³/mol. The Hall–Kier alpha value is -1.38. The Morgan fingerprint density at radius 1 is 1.35 bits per heavy atom. The van der Waals surface area contributed by atoms with Crippen LogP contribution in [0.2, 0.25) is 0 Å². The van der Waals surface area contributed by atoms with Gasteiger partial charge in [-0.05, 0) is 36.5 Å². The molecule has 0 bridgehead atoms. The van der Waals surface area contributed by atoms with Gasteiger partial charge < -0.3 is 4.90 Å². The molecular formula is C14H17FN2. The highest BCUT2D eigenvalue weighted by molar-refractivity contribution is 6.00. The number of nitrogens with one attached hydrogen (secondary N) is 1. The van der Waals surface area contributed by atoms with E-state index in [9.17, 15) is 4.39 Å². The fourth-order valence-corrected chi connectivity index (χ4v) is 2.53. The van der Waals surface area contributed by atoms with Gasteiger partial charge in [0, 0.05) is 18.7 Å². The third kappa shape index (κ3) is 2.19. The summed E-state index contributed by atoms with van der Waals surface area (Å²) >= 11 is 0. The van der Waals surface area contributed by atoms with Crippen molar-refractivity contribution in [3.05, 3.63) is 35.1 Å². The lowest BCUT2D eigenvalue weighted by Gasteiger charge is -2.17. The van der Waals surface area contributed by atoms with Gasteiger partial charge >= 0.3 is 0 Å². The number of hydrogen-bond donors (Lipinski definition) is 1. The number of benzene rings is 1. The summed E-state index contributed by atoms with van der Waals surface area (Å²) in [7, 11) is 0. The smallest absolute Gasteiger partial charge is 0.128 e. The second kappa shape index (κ2) is 4.13. The zero-order valence-electron chi connectivity index (χ0n) is 9.88. The summed E-state index contributed by atoms with van der Waals surface area (Å²) in [5.41, 5.74) is 1.86. The quantitative estimate of drug-likeness (QED) is 0.848. The largest absolute Gasteiger partial charge is 0.352 e. The van der Waals surface area contributed by atoms with Gasteiger partial charge in [-0.3, -0.25) is 5.41 Å². The van der Waals surface area contributed by atoms with Gasteiger partial charge in [0.15, 0.2) is 0 Å². The van der Waals surface area contributed by atoms with Crippen LogP contribution in [0.4, 0.5) is 4.39 Å². The van der Waals surface area contributed by atoms with Crippen LogP contribution in [-0.4, -0.2) is 17.3 Å². The van der Waals surface area contributed by atoms with E-state index >= 15 is 0 Å². The van der Waals surface area contributed by atoms with Crippen LogP contribution in [-0.2, 0) is 6.54 Å². The summed E-state index contributed by atoms with van der Waals surface area (Å²) in [6.45, 7) is 1.71. The molecule has 1 saturated carbocycles. The zero-order chi connectivity index (χ0) is 11.8. The fraction of sp³-hybridized carbons (Fsp3) is 0.500. The van der Waals surface area contributed by atoms with Crippen molar-refractivity contribution in [1.82, 2.24) is 4.90 Å². The minimum atomic E-state index is -0.242. The first kappa shape index (κ1) is 10.8. The van der Waals surface area contributed by atoms with E-state index in [1.54, 1.807) is 6.07 Å². The van der Waals surface area contributed by atoms with Gasteiger partial charge in [-0.25, -0.2) is 4.39 Å². The number of rotatable bonds is 4. The van der Waals surface area contributed by atoms with E-state index in [2.05, 4.69) is 4.90 Å². The third-order valence-corrected chi connectivity index (χ3v) is 3.74. The fourth-order valence-electron chi connectivity index (χ4n) is 2.53. The van der Waals surface area contributed by atoms with E-state index < -0.39 is 0 Å². The molecule has 1 fully saturated rings. The summed E-state index contributed by atoms with van der Waals surface area (Å²) in [5, 5.41) is 8.05. The van der Waals surface area contributed by atoms with E-state index in [0.29, 0.717) is 5.84 Å². The van der Waals surface area contributed by atoms with Crippen LogP contribution >= 0.6 is 0 Å². The molecule has 1 aliphatic heterocycles. The van der Waals surface area contributed by atoms with Crippen LogP contribution in [0.1, 0.15) is 36.8 Å². The number of nitrogens with zero attached hydrogens (tertiary/aromatic N) is 1. The first-order chi connectivity index (χ1) is 8.24. The Labute approximate surface area is 101 Å². The van der Waals surface area contributed by atoms with Crippen molar-refractivity contribution in [3.63, 3.8) is 0 Å². The van der Waals surface area contributed by atoms with Gasteiger partial charge in [0.05, 0.1) is 0 Å². The van der Waals surface area contributed by atoms with Crippen LogP contribution in [0.3, 0.4) is 0 Å². The maximum Gasteiger partial charge on any atom is 0.128 e. The molecule has 1 aliphatic carbocycles. The average molecular weight is 232 g/mol. The molecular weight excluding hydrogens is 215 g/mol. The van der Waals surface area contributed by atoms with Crippen molar-refractivity contribution in [2.45, 2.75) is 32.2 Å². The maximum atomic E-state index is 13.1. The topological polar surface area (TPSA) is 27.1 Å². The lowest BCUT2D eigenvalue weighted by molar-refractivity contribution is 0.406. The number of fused-ring (bicyclic) bond motifs is 1. The normalized spacial score (nSPS) is 18.6. The van der Waals surface area contributed by atoms with Gasteiger partial charge in [0.1, 0.15) is 11.7 Å². The van der Waals surface area contributed by atoms with Crippen molar-refractivity contribution >= 4 is 5.84 Å². The minimum absolute atomic E-state index is 0.242. The average Bonchev–Trinajstić information content (AvgIpc) is 3.08. The van der Waals surface area contributed by atoms with Crippen LogP contribution < -0.4 is 0 Å². The number of hydrogen-bond acceptors (Lipinski definition) is 1. The Kier molecular flexibility index (Phi) is 2.61. The molecule has 0 spiro atoms. The van der Waals surface area contributed by atoms with Crippen LogP contribution in [0.5, 0.6) is 0 Å². The van der Waals surface area contributed by atoms with Crippen LogP contribution in [0.25, 0.3) is 0 Å². The molecule has 3 heteroatoms. The second-order valence-corrected chi connectivity index (χ2v) is 5.16. The molecule has 0 radical (unpaired) electrons. The molecule has 0 amide bonds. The molecule has 3 rings (SSSR count). The Morgan fingerprint density at radius 3 is 2.94 bits per heavy atom. The van der Waals surface area contributed by atoms with Gasteiger partial charge in [-0.2, -0.15) is 0 Å². The predicted octanol–water partition coefficient (Wildman–Crippen LogP) is 3.16. The summed E-state index contributed by atoms with van der Waals surface area (Å²) in [6.07, 6.45) is 5.23. The summed E-state index contributed by atoms with van der Waals surface area (Å²) < 4.78 is 13.1. The Morgan fingerprint density at radius 2 is 2.18 bits per heavy atom. The molecule has 17 heavy (non-hydrogen) atoms. The monoisotopic (exact) mass is 232 g/mol. The molecule has 1 aromatic carbocycles. The summed E-state index contributed by atoms with van der Waals surface area (Å²) in [5.74, 6) is 1.20. The summed E-state index contributed by atoms with van der Waals surface area (Å²) in [6, 6.07) is 4.78. The first-order valence-corrected chi connectivity index (χ1v) is 6.36. The molecule has 1 aromatic rings. The van der Waals surface area contributed by atoms with Crippen molar-refractivity contribution in [2.75, 3.05) is 6.54 Å². The molecule has 2 nitrogen and oxygen atoms in total. The van der Waals surface area contributed by atoms with Gasteiger partial charge in [0.2, 0.25) is 0 Å². The van der Waals surface area contributed by atoms with Crippen molar-refractivity contribution in [3.8, 4) is 0 Å². The van der Waals surface area contributed by atoms with E-state index in [1.165, 1.54) is 31.4 Å². The van der Waals surface area contributed by atoms with Gasteiger partial charge in [0.25, 0.3) is 0 Å². The molecule has 0 unspecified atom stereocenters. The maximum absolute atomic E-state index is 13.1. The van der Waals surface area contributed by atoms with Crippen molar-refractivity contribution < 1.29 is 4.39 Å². The molecule has 1 heterocycles. The van der Waals surface area contributed by atoms with E-state index in [0.717, 1.165) is 36.6 Å². The molecule has 2 aliphatic rings. The van der Waals surface area contributed by atoms with E-state index in [4.69, 9.17) is 5.41 Å². The lowest BCUT2D eigenvalue weighted by Crippen LogP contribution is -2.25. The third-order valence-electron chi connectivity index (χ3n) is 3.74. The van der Waals surface area contributed by atoms with Gasteiger partial charge in [-0.15, -0.1) is 0 Å². The minimum Gasteiger partial charge on any atom is -0.352 e. The zero-order valence-corrected chi connectivity index (χ0v) is 9.88. The van der Waals surface area contributed by atoms with Crippen LogP contribution in [0.15, 0.2) is 18.2 Å². The number of amidine groups is 1. The highest BCUT2D eigenvalue weighted by Gasteiger charge is 2.25. The van der Waals surface area contributed by atoms with Crippen molar-refractivity contribution in [2.24, 2.45) is 5.92 Å². The lowest BCUT2D eigenvalue weighted by atomic mass is 10.1. The Bertz CT molecular complexity index is 452. The van der Waals surface area contributed by atoms with E-state index in [-0.39, 0.29) is 5.82 Å². The standard InChI is InChI=1S/C14H17FN2/c15-12-6-5-11-9-17(14(16)13(11)8-12)7-1-2-10-3-4-10/h5-6,8,10,16H,1-4,7,9H2. The Balaban J connectivity index is 1.63.